The van der Waals surface area contributed by atoms with Crippen molar-refractivity contribution in [2.24, 2.45) is 5.92 Å². The second-order valence-electron chi connectivity index (χ2n) is 6.26. The van der Waals surface area contributed by atoms with Gasteiger partial charge in [0, 0.05) is 11.3 Å². The first-order valence-electron chi connectivity index (χ1n) is 8.37. The molecule has 0 unspecified atom stereocenters. The van der Waals surface area contributed by atoms with Crippen LogP contribution >= 0.6 is 11.8 Å². The van der Waals surface area contributed by atoms with Gasteiger partial charge in [-0.1, -0.05) is 25.6 Å². The molecular formula is C18H22N4O3S. The van der Waals surface area contributed by atoms with Gasteiger partial charge in [0.15, 0.2) is 11.5 Å². The summed E-state index contributed by atoms with van der Waals surface area (Å²) in [5, 5.41) is 12.0. The molecule has 0 aliphatic rings. The van der Waals surface area contributed by atoms with Crippen LogP contribution in [-0.2, 0) is 0 Å². The van der Waals surface area contributed by atoms with Gasteiger partial charge in [0.2, 0.25) is 5.16 Å². The van der Waals surface area contributed by atoms with Crippen molar-refractivity contribution in [1.29, 1.82) is 0 Å². The Balaban J connectivity index is 2.00. The van der Waals surface area contributed by atoms with Crippen molar-refractivity contribution in [1.82, 2.24) is 19.8 Å². The number of rotatable bonds is 7. The number of thioether (sulfide) groups is 1. The minimum absolute atomic E-state index is 0.266. The maximum absolute atomic E-state index is 12.1. The molecule has 0 atom stereocenters. The third-order valence-corrected chi connectivity index (χ3v) is 4.94. The van der Waals surface area contributed by atoms with Crippen LogP contribution in [0.1, 0.15) is 20.3 Å². The fraction of sp³-hybridized carbons (Fsp3) is 0.389. The van der Waals surface area contributed by atoms with Crippen LogP contribution in [0, 0.1) is 5.92 Å². The summed E-state index contributed by atoms with van der Waals surface area (Å²) in [4.78, 5) is 12.1. The van der Waals surface area contributed by atoms with Crippen LogP contribution in [0.5, 0.6) is 11.5 Å². The molecule has 3 aromatic rings. The van der Waals surface area contributed by atoms with E-state index in [-0.39, 0.29) is 5.56 Å². The van der Waals surface area contributed by atoms with E-state index in [2.05, 4.69) is 29.1 Å². The summed E-state index contributed by atoms with van der Waals surface area (Å²) in [6, 6.07) is 7.30. The largest absolute Gasteiger partial charge is 0.493 e. The van der Waals surface area contributed by atoms with Gasteiger partial charge in [-0.3, -0.25) is 4.79 Å². The molecular weight excluding hydrogens is 352 g/mol. The molecule has 2 heterocycles. The van der Waals surface area contributed by atoms with Gasteiger partial charge in [0.05, 0.1) is 19.9 Å². The first kappa shape index (κ1) is 18.3. The predicted molar refractivity (Wildman–Crippen MR) is 102 cm³/mol. The molecule has 138 valence electrons. The van der Waals surface area contributed by atoms with Gasteiger partial charge < -0.3 is 9.47 Å². The molecule has 0 bridgehead atoms. The van der Waals surface area contributed by atoms with Crippen LogP contribution in [0.4, 0.5) is 0 Å². The highest BCUT2D eigenvalue weighted by Crippen LogP contribution is 2.32. The number of aromatic amines is 1. The Morgan fingerprint density at radius 2 is 1.96 bits per heavy atom. The van der Waals surface area contributed by atoms with Crippen molar-refractivity contribution in [2.45, 2.75) is 25.4 Å². The number of fused-ring (bicyclic) bond motifs is 1. The third-order valence-electron chi connectivity index (χ3n) is 3.98. The highest BCUT2D eigenvalue weighted by atomic mass is 32.2. The molecule has 3 rings (SSSR count). The number of hydrogen-bond acceptors (Lipinski definition) is 6. The predicted octanol–water partition coefficient (Wildman–Crippen LogP) is 3.24. The van der Waals surface area contributed by atoms with Crippen molar-refractivity contribution < 1.29 is 9.47 Å². The normalized spacial score (nSPS) is 11.3. The monoisotopic (exact) mass is 374 g/mol. The Hall–Kier alpha value is -2.48. The Bertz CT molecular complexity index is 965. The average Bonchev–Trinajstić information content (AvgIpc) is 3.09. The lowest BCUT2D eigenvalue weighted by molar-refractivity contribution is 0.355. The number of benzene rings is 1. The zero-order valence-electron chi connectivity index (χ0n) is 15.3. The molecule has 7 nitrogen and oxygen atoms in total. The highest BCUT2D eigenvalue weighted by molar-refractivity contribution is 7.99. The van der Waals surface area contributed by atoms with E-state index < -0.39 is 0 Å². The van der Waals surface area contributed by atoms with Gasteiger partial charge in [-0.15, -0.1) is 5.10 Å². The summed E-state index contributed by atoms with van der Waals surface area (Å²) in [5.41, 5.74) is 1.72. The number of ether oxygens (including phenoxy) is 2. The molecule has 0 aliphatic heterocycles. The summed E-state index contributed by atoms with van der Waals surface area (Å²) in [6.07, 6.45) is 1.07. The molecule has 1 aromatic carbocycles. The SMILES string of the molecule is COc1ccc(-c2cc3c(=O)[nH]nc(SCCC(C)C)n3n2)cc1OC. The van der Waals surface area contributed by atoms with Crippen molar-refractivity contribution in [2.75, 3.05) is 20.0 Å². The van der Waals surface area contributed by atoms with Crippen molar-refractivity contribution in [3.8, 4) is 22.8 Å². The molecule has 0 saturated heterocycles. The Morgan fingerprint density at radius 1 is 1.19 bits per heavy atom. The lowest BCUT2D eigenvalue weighted by Crippen LogP contribution is -2.14. The average molecular weight is 374 g/mol. The van der Waals surface area contributed by atoms with Gasteiger partial charge in [-0.2, -0.15) is 5.10 Å². The topological polar surface area (TPSA) is 81.5 Å². The summed E-state index contributed by atoms with van der Waals surface area (Å²) < 4.78 is 12.2. The van der Waals surface area contributed by atoms with E-state index in [0.717, 1.165) is 17.7 Å². The third kappa shape index (κ3) is 3.70. The lowest BCUT2D eigenvalue weighted by Gasteiger charge is -2.08. The van der Waals surface area contributed by atoms with Crippen LogP contribution in [-0.4, -0.2) is 39.8 Å². The molecule has 0 radical (unpaired) electrons. The second-order valence-corrected chi connectivity index (χ2v) is 7.32. The van der Waals surface area contributed by atoms with Crippen LogP contribution < -0.4 is 15.0 Å². The van der Waals surface area contributed by atoms with Crippen LogP contribution in [0.25, 0.3) is 16.8 Å². The Labute approximate surface area is 155 Å². The number of nitrogens with one attached hydrogen (secondary N) is 1. The number of methoxy groups -OCH3 is 2. The summed E-state index contributed by atoms with van der Waals surface area (Å²) >= 11 is 1.58. The number of H-pyrrole nitrogens is 1. The van der Waals surface area contributed by atoms with E-state index in [4.69, 9.17) is 9.47 Å². The molecule has 8 heteroatoms. The Kier molecular flexibility index (Phi) is 5.51. The summed E-state index contributed by atoms with van der Waals surface area (Å²) in [6.45, 7) is 4.36. The Morgan fingerprint density at radius 3 is 2.65 bits per heavy atom. The van der Waals surface area contributed by atoms with Gasteiger partial charge in [0.25, 0.3) is 5.56 Å². The van der Waals surface area contributed by atoms with Gasteiger partial charge >= 0.3 is 0 Å². The van der Waals surface area contributed by atoms with E-state index in [1.54, 1.807) is 36.6 Å². The summed E-state index contributed by atoms with van der Waals surface area (Å²) in [5.74, 6) is 2.78. The number of aromatic nitrogens is 4. The molecule has 0 spiro atoms. The lowest BCUT2D eigenvalue weighted by atomic mass is 10.1. The minimum atomic E-state index is -0.266. The smallest absolute Gasteiger partial charge is 0.290 e. The quantitative estimate of drug-likeness (QED) is 0.640. The molecule has 0 saturated carbocycles. The maximum Gasteiger partial charge on any atom is 0.290 e. The molecule has 0 fully saturated rings. The van der Waals surface area contributed by atoms with Crippen molar-refractivity contribution >= 4 is 17.3 Å². The van der Waals surface area contributed by atoms with Gasteiger partial charge in [-0.05, 0) is 36.6 Å². The highest BCUT2D eigenvalue weighted by Gasteiger charge is 2.14. The number of hydrogen-bond donors (Lipinski definition) is 1. The molecule has 2 aromatic heterocycles. The van der Waals surface area contributed by atoms with E-state index >= 15 is 0 Å². The maximum atomic E-state index is 12.1. The molecule has 26 heavy (non-hydrogen) atoms. The van der Waals surface area contributed by atoms with Crippen LogP contribution in [0.15, 0.2) is 34.2 Å². The van der Waals surface area contributed by atoms with Crippen molar-refractivity contribution in [3.63, 3.8) is 0 Å². The molecule has 0 amide bonds. The van der Waals surface area contributed by atoms with E-state index in [9.17, 15) is 4.79 Å². The first-order valence-corrected chi connectivity index (χ1v) is 9.35. The van der Waals surface area contributed by atoms with E-state index in [1.807, 2.05) is 18.2 Å². The van der Waals surface area contributed by atoms with Gasteiger partial charge in [-0.25, -0.2) is 9.61 Å². The van der Waals surface area contributed by atoms with E-state index in [1.165, 1.54) is 0 Å². The fourth-order valence-electron chi connectivity index (χ4n) is 2.51. The van der Waals surface area contributed by atoms with Crippen LogP contribution in [0.2, 0.25) is 0 Å². The second kappa shape index (κ2) is 7.82. The number of nitrogens with zero attached hydrogens (tertiary/aromatic N) is 3. The van der Waals surface area contributed by atoms with Gasteiger partial charge in [0.1, 0.15) is 5.52 Å². The fourth-order valence-corrected chi connectivity index (χ4v) is 3.65. The zero-order chi connectivity index (χ0) is 18.7. The first-order chi connectivity index (χ1) is 12.5. The van der Waals surface area contributed by atoms with Crippen LogP contribution in [0.3, 0.4) is 0 Å². The molecule has 0 aliphatic carbocycles. The summed E-state index contributed by atoms with van der Waals surface area (Å²) in [7, 11) is 3.18. The van der Waals surface area contributed by atoms with E-state index in [0.29, 0.717) is 33.8 Å². The van der Waals surface area contributed by atoms with Crippen molar-refractivity contribution in [3.05, 3.63) is 34.6 Å². The minimum Gasteiger partial charge on any atom is -0.493 e. The standard InChI is InChI=1S/C18H22N4O3S/c1-11(2)7-8-26-18-20-19-17(23)14-10-13(21-22(14)18)12-5-6-15(24-3)16(9-12)25-4/h5-6,9-11H,7-8H2,1-4H3,(H,19,23). The molecule has 1 N–H and O–H groups in total. The zero-order valence-corrected chi connectivity index (χ0v) is 16.1.